The van der Waals surface area contributed by atoms with Crippen molar-refractivity contribution in [3.63, 3.8) is 0 Å². The van der Waals surface area contributed by atoms with E-state index in [1.54, 1.807) is 6.92 Å². The molecule has 0 aromatic heterocycles. The Balaban J connectivity index is 2.00. The lowest BCUT2D eigenvalue weighted by atomic mass is 9.95. The summed E-state index contributed by atoms with van der Waals surface area (Å²) in [6, 6.07) is 10.3. The van der Waals surface area contributed by atoms with Gasteiger partial charge in [-0.15, -0.1) is 0 Å². The zero-order valence-electron chi connectivity index (χ0n) is 23.5. The monoisotopic (exact) mass is 574 g/mol. The van der Waals surface area contributed by atoms with E-state index in [4.69, 9.17) is 4.74 Å². The molecule has 12 heteroatoms. The standard InChI is InChI=1S/C28H38N4O7S/c1-5-24(28(34)29-22-12-7-6-8-13-22)30(18-21-11-9-10-20(2)16-21)27(33)19-31(40(4,37)38)25-17-23(32(35)36)14-15-26(25)39-3/h9-11,14-17,22,24H,5-8,12-13,18-19H2,1-4H3,(H,29,34). The first kappa shape index (κ1) is 30.9. The highest BCUT2D eigenvalue weighted by Gasteiger charge is 2.34. The average molecular weight is 575 g/mol. The fourth-order valence-corrected chi connectivity index (χ4v) is 5.90. The van der Waals surface area contributed by atoms with Crippen molar-refractivity contribution in [3.8, 4) is 5.75 Å². The van der Waals surface area contributed by atoms with Gasteiger partial charge < -0.3 is 15.0 Å². The van der Waals surface area contributed by atoms with E-state index in [2.05, 4.69) is 5.32 Å². The van der Waals surface area contributed by atoms with Crippen LogP contribution >= 0.6 is 0 Å². The fraction of sp³-hybridized carbons (Fsp3) is 0.500. The lowest BCUT2D eigenvalue weighted by molar-refractivity contribution is -0.384. The largest absolute Gasteiger partial charge is 0.495 e. The number of sulfonamides is 1. The summed E-state index contributed by atoms with van der Waals surface area (Å²) in [7, 11) is -2.79. The quantitative estimate of drug-likeness (QED) is 0.299. The Morgan fingerprint density at radius 2 is 1.85 bits per heavy atom. The number of benzene rings is 2. The van der Waals surface area contributed by atoms with Crippen LogP contribution in [0.5, 0.6) is 5.75 Å². The van der Waals surface area contributed by atoms with Crippen molar-refractivity contribution in [2.24, 2.45) is 0 Å². The molecule has 0 saturated heterocycles. The minimum absolute atomic E-state index is 0.0351. The number of rotatable bonds is 12. The second kappa shape index (κ2) is 13.6. The van der Waals surface area contributed by atoms with Gasteiger partial charge in [0, 0.05) is 24.7 Å². The molecule has 3 rings (SSSR count). The van der Waals surface area contributed by atoms with Crippen molar-refractivity contribution < 1.29 is 27.7 Å². The molecule has 40 heavy (non-hydrogen) atoms. The van der Waals surface area contributed by atoms with Gasteiger partial charge in [0.15, 0.2) is 0 Å². The second-order valence-corrected chi connectivity index (χ2v) is 12.1. The molecule has 1 N–H and O–H groups in total. The average Bonchev–Trinajstić information content (AvgIpc) is 2.91. The number of amides is 2. The number of nitro benzene ring substituents is 1. The Labute approximate surface area is 235 Å². The minimum Gasteiger partial charge on any atom is -0.495 e. The molecular weight excluding hydrogens is 536 g/mol. The molecule has 1 saturated carbocycles. The van der Waals surface area contributed by atoms with Gasteiger partial charge in [-0.05, 0) is 37.8 Å². The third kappa shape index (κ3) is 7.93. The summed E-state index contributed by atoms with van der Waals surface area (Å²) in [5.74, 6) is -0.850. The van der Waals surface area contributed by atoms with Gasteiger partial charge in [0.2, 0.25) is 21.8 Å². The van der Waals surface area contributed by atoms with Gasteiger partial charge in [-0.25, -0.2) is 8.42 Å². The van der Waals surface area contributed by atoms with Gasteiger partial charge in [0.1, 0.15) is 24.0 Å². The summed E-state index contributed by atoms with van der Waals surface area (Å²) >= 11 is 0. The predicted octanol–water partition coefficient (Wildman–Crippen LogP) is 3.93. The van der Waals surface area contributed by atoms with E-state index in [1.807, 2.05) is 31.2 Å². The lowest BCUT2D eigenvalue weighted by Gasteiger charge is -2.34. The number of methoxy groups -OCH3 is 1. The number of anilines is 1. The number of non-ortho nitro benzene ring substituents is 1. The van der Waals surface area contributed by atoms with Crippen molar-refractivity contribution in [1.82, 2.24) is 10.2 Å². The normalized spacial score (nSPS) is 14.7. The summed E-state index contributed by atoms with van der Waals surface area (Å²) < 4.78 is 31.9. The van der Waals surface area contributed by atoms with Crippen LogP contribution in [0, 0.1) is 17.0 Å². The molecule has 2 amide bonds. The minimum atomic E-state index is -4.09. The van der Waals surface area contributed by atoms with E-state index in [0.717, 1.165) is 59.9 Å². The number of carbonyl (C=O) groups excluding carboxylic acids is 2. The Morgan fingerprint density at radius 3 is 2.42 bits per heavy atom. The molecule has 2 aromatic carbocycles. The van der Waals surface area contributed by atoms with Crippen LogP contribution in [0.15, 0.2) is 42.5 Å². The summed E-state index contributed by atoms with van der Waals surface area (Å²) in [4.78, 5) is 39.6. The third-order valence-electron chi connectivity index (χ3n) is 7.09. The molecule has 2 aromatic rings. The molecule has 1 unspecified atom stereocenters. The first-order valence-corrected chi connectivity index (χ1v) is 15.2. The van der Waals surface area contributed by atoms with E-state index < -0.39 is 33.4 Å². The second-order valence-electron chi connectivity index (χ2n) is 10.2. The highest BCUT2D eigenvalue weighted by atomic mass is 32.2. The van der Waals surface area contributed by atoms with Crippen molar-refractivity contribution in [3.05, 3.63) is 63.7 Å². The van der Waals surface area contributed by atoms with Crippen molar-refractivity contribution in [2.45, 2.75) is 71.0 Å². The first-order valence-electron chi connectivity index (χ1n) is 13.4. The highest BCUT2D eigenvalue weighted by molar-refractivity contribution is 7.92. The predicted molar refractivity (Wildman–Crippen MR) is 153 cm³/mol. The van der Waals surface area contributed by atoms with Gasteiger partial charge in [-0.3, -0.25) is 24.0 Å². The van der Waals surface area contributed by atoms with Crippen LogP contribution in [0.25, 0.3) is 0 Å². The Kier molecular flexibility index (Phi) is 10.5. The summed E-state index contributed by atoms with van der Waals surface area (Å²) in [6.45, 7) is 3.14. The maximum atomic E-state index is 13.9. The fourth-order valence-electron chi connectivity index (χ4n) is 5.05. The van der Waals surface area contributed by atoms with Crippen molar-refractivity contribution >= 4 is 33.2 Å². The van der Waals surface area contributed by atoms with Crippen LogP contribution in [-0.2, 0) is 26.2 Å². The molecule has 1 aliphatic rings. The molecule has 0 heterocycles. The van der Waals surface area contributed by atoms with Crippen LogP contribution in [0.4, 0.5) is 11.4 Å². The Morgan fingerprint density at radius 1 is 1.15 bits per heavy atom. The summed E-state index contributed by atoms with van der Waals surface area (Å²) in [6.07, 6.45) is 6.17. The van der Waals surface area contributed by atoms with E-state index in [1.165, 1.54) is 24.1 Å². The van der Waals surface area contributed by atoms with E-state index >= 15 is 0 Å². The number of ether oxygens (including phenoxy) is 1. The Hall–Kier alpha value is -3.67. The molecule has 11 nitrogen and oxygen atoms in total. The van der Waals surface area contributed by atoms with Crippen molar-refractivity contribution in [2.75, 3.05) is 24.2 Å². The number of aryl methyl sites for hydroxylation is 1. The highest BCUT2D eigenvalue weighted by Crippen LogP contribution is 2.34. The molecule has 0 aliphatic heterocycles. The molecule has 1 aliphatic carbocycles. The zero-order chi connectivity index (χ0) is 29.4. The maximum absolute atomic E-state index is 13.9. The molecule has 0 bridgehead atoms. The van der Waals surface area contributed by atoms with Crippen molar-refractivity contribution in [1.29, 1.82) is 0 Å². The van der Waals surface area contributed by atoms with Gasteiger partial charge in [-0.1, -0.05) is 56.0 Å². The van der Waals surface area contributed by atoms with Crippen LogP contribution in [0.3, 0.4) is 0 Å². The van der Waals surface area contributed by atoms with Crippen LogP contribution < -0.4 is 14.4 Å². The topological polar surface area (TPSA) is 139 Å². The molecule has 218 valence electrons. The van der Waals surface area contributed by atoms with E-state index in [9.17, 15) is 28.1 Å². The zero-order valence-corrected chi connectivity index (χ0v) is 24.3. The molecular formula is C28H38N4O7S. The molecule has 1 fully saturated rings. The molecule has 0 radical (unpaired) electrons. The lowest BCUT2D eigenvalue weighted by Crippen LogP contribution is -2.54. The van der Waals surface area contributed by atoms with E-state index in [0.29, 0.717) is 6.42 Å². The van der Waals surface area contributed by atoms with Gasteiger partial charge in [0.25, 0.3) is 5.69 Å². The summed E-state index contributed by atoms with van der Waals surface area (Å²) in [5.41, 5.74) is 1.27. The van der Waals surface area contributed by atoms with Gasteiger partial charge >= 0.3 is 0 Å². The number of nitrogens with zero attached hydrogens (tertiary/aromatic N) is 3. The number of nitrogens with one attached hydrogen (secondary N) is 1. The molecule has 0 spiro atoms. The number of nitro groups is 1. The first-order chi connectivity index (χ1) is 18.9. The SMILES string of the molecule is CCC(C(=O)NC1CCCCC1)N(Cc1cccc(C)c1)C(=O)CN(c1cc([N+](=O)[O-])ccc1OC)S(C)(=O)=O. The van der Waals surface area contributed by atoms with E-state index in [-0.39, 0.29) is 35.6 Å². The smallest absolute Gasteiger partial charge is 0.271 e. The molecule has 1 atom stereocenters. The maximum Gasteiger partial charge on any atom is 0.271 e. The number of hydrogen-bond donors (Lipinski definition) is 1. The van der Waals surface area contributed by atoms with Gasteiger partial charge in [0.05, 0.1) is 18.3 Å². The van der Waals surface area contributed by atoms with Crippen LogP contribution in [0.2, 0.25) is 0 Å². The summed E-state index contributed by atoms with van der Waals surface area (Å²) in [5, 5.41) is 14.5. The van der Waals surface area contributed by atoms with Crippen LogP contribution in [-0.4, -0.2) is 62.0 Å². The number of carbonyl (C=O) groups is 2. The Bertz CT molecular complexity index is 1330. The van der Waals surface area contributed by atoms with Gasteiger partial charge in [-0.2, -0.15) is 0 Å². The number of hydrogen-bond acceptors (Lipinski definition) is 7. The van der Waals surface area contributed by atoms with Crippen LogP contribution in [0.1, 0.15) is 56.6 Å². The third-order valence-corrected chi connectivity index (χ3v) is 8.22.